The van der Waals surface area contributed by atoms with E-state index >= 15 is 17.6 Å². The fourth-order valence-corrected chi connectivity index (χ4v) is 3.83. The van der Waals surface area contributed by atoms with Gasteiger partial charge in [0.2, 0.25) is 0 Å². The van der Waals surface area contributed by atoms with Gasteiger partial charge < -0.3 is 0 Å². The molecule has 164 valence electrons. The van der Waals surface area contributed by atoms with Crippen LogP contribution in [-0.2, 0) is 0 Å². The summed E-state index contributed by atoms with van der Waals surface area (Å²) >= 11 is 0. The van der Waals surface area contributed by atoms with E-state index in [-0.39, 0.29) is 0 Å². The topological polar surface area (TPSA) is 56.3 Å². The Kier molecular flexibility index (Phi) is 4.78. The van der Waals surface area contributed by atoms with Crippen LogP contribution in [0.3, 0.4) is 0 Å². The molecule has 34 heavy (non-hydrogen) atoms. The van der Waals surface area contributed by atoms with E-state index in [1.807, 2.05) is 0 Å². The van der Waals surface area contributed by atoms with Crippen LogP contribution in [0.5, 0.6) is 0 Å². The molecule has 4 nitrogen and oxygen atoms in total. The first-order valence-corrected chi connectivity index (χ1v) is 8.60. The van der Waals surface area contributed by atoms with Gasteiger partial charge in [0, 0.05) is 10.8 Å². The normalized spacial score (nSPS) is 10.8. The van der Waals surface area contributed by atoms with Crippen molar-refractivity contribution in [1.29, 1.82) is 10.5 Å². The van der Waals surface area contributed by atoms with Crippen molar-refractivity contribution in [1.82, 2.24) is 0 Å². The van der Waals surface area contributed by atoms with Crippen molar-refractivity contribution in [2.45, 2.75) is 0 Å². The Morgan fingerprint density at radius 1 is 0.471 bits per heavy atom. The lowest BCUT2D eigenvalue weighted by Crippen LogP contribution is -2.22. The molecule has 12 heteroatoms. The van der Waals surface area contributed by atoms with Gasteiger partial charge in [-0.3, -0.25) is 0 Å². The average Bonchev–Trinajstić information content (AvgIpc) is 2.80. The third kappa shape index (κ3) is 2.42. The lowest BCUT2D eigenvalue weighted by molar-refractivity contribution is 0.500. The number of nitriles is 2. The van der Waals surface area contributed by atoms with Crippen LogP contribution in [0.15, 0.2) is 0 Å². The van der Waals surface area contributed by atoms with E-state index in [0.29, 0.717) is 0 Å². The molecule has 4 aromatic carbocycles. The van der Waals surface area contributed by atoms with Crippen LogP contribution in [0.2, 0.25) is 0 Å². The molecular formula is C22F8N4. The van der Waals surface area contributed by atoms with E-state index in [1.165, 1.54) is 0 Å². The minimum atomic E-state index is -2.26. The van der Waals surface area contributed by atoms with Gasteiger partial charge in [0.1, 0.15) is 23.3 Å². The Morgan fingerprint density at radius 3 is 0.882 bits per heavy atom. The molecule has 4 rings (SSSR count). The summed E-state index contributed by atoms with van der Waals surface area (Å²) < 4.78 is 120. The molecule has 0 radical (unpaired) electrons. The molecule has 0 atom stereocenters. The van der Waals surface area contributed by atoms with Crippen LogP contribution >= 0.6 is 0 Å². The van der Waals surface area contributed by atoms with Gasteiger partial charge in [-0.25, -0.2) is 55.3 Å². The summed E-state index contributed by atoms with van der Waals surface area (Å²) in [6, 6.07) is 2.16. The highest BCUT2D eigenvalue weighted by Crippen LogP contribution is 2.42. The molecule has 0 amide bonds. The molecule has 0 aliphatic rings. The maximum atomic E-state index is 15.1. The zero-order valence-electron chi connectivity index (χ0n) is 15.8. The van der Waals surface area contributed by atoms with Crippen molar-refractivity contribution in [3.8, 4) is 12.1 Å². The number of halogens is 8. The van der Waals surface area contributed by atoms with Gasteiger partial charge in [-0.15, -0.1) is 0 Å². The van der Waals surface area contributed by atoms with Crippen molar-refractivity contribution in [3.63, 3.8) is 0 Å². The Morgan fingerprint density at radius 2 is 0.706 bits per heavy atom. The number of rotatable bonds is 0. The van der Waals surface area contributed by atoms with Crippen LogP contribution in [0.4, 0.5) is 35.1 Å². The summed E-state index contributed by atoms with van der Waals surface area (Å²) in [4.78, 5) is 5.06. The minimum absolute atomic E-state index is 1.08. The van der Waals surface area contributed by atoms with Crippen LogP contribution in [0, 0.1) is 82.3 Å². The zero-order chi connectivity index (χ0) is 25.2. The second-order valence-corrected chi connectivity index (χ2v) is 6.66. The molecule has 4 aromatic rings. The molecule has 0 aromatic heterocycles. The number of nitrogens with zero attached hydrogens (tertiary/aromatic N) is 4. The van der Waals surface area contributed by atoms with Crippen LogP contribution in [0.25, 0.3) is 53.4 Å². The number of hydrogen-bond donors (Lipinski definition) is 0. The fourth-order valence-electron chi connectivity index (χ4n) is 3.83. The Balaban J connectivity index is 2.67. The molecule has 0 saturated heterocycles. The van der Waals surface area contributed by atoms with E-state index in [2.05, 4.69) is 9.69 Å². The largest absolute Gasteiger partial charge is 0.274 e. The molecule has 0 bridgehead atoms. The van der Waals surface area contributed by atoms with Gasteiger partial charge in [0.15, 0.2) is 23.3 Å². The monoisotopic (exact) mass is 472 g/mol. The van der Waals surface area contributed by atoms with Gasteiger partial charge in [0.05, 0.1) is 57.3 Å². The average molecular weight is 472 g/mol. The van der Waals surface area contributed by atoms with Crippen LogP contribution in [-0.4, -0.2) is 0 Å². The molecule has 0 saturated carbocycles. The molecule has 0 spiro atoms. The highest BCUT2D eigenvalue weighted by Gasteiger charge is 2.33. The summed E-state index contributed by atoms with van der Waals surface area (Å²) in [6.07, 6.45) is 0. The first-order chi connectivity index (χ1) is 16.1. The van der Waals surface area contributed by atoms with Gasteiger partial charge in [-0.1, -0.05) is 0 Å². The molecule has 0 heterocycles. The third-order valence-corrected chi connectivity index (χ3v) is 5.18. The smallest absolute Gasteiger partial charge is 0.226 e. The van der Waals surface area contributed by atoms with Gasteiger partial charge in [-0.05, 0) is 0 Å². The van der Waals surface area contributed by atoms with Gasteiger partial charge >= 0.3 is 0 Å². The van der Waals surface area contributed by atoms with Crippen molar-refractivity contribution >= 4 is 43.7 Å². The van der Waals surface area contributed by atoms with E-state index in [9.17, 15) is 17.6 Å². The number of hydrogen-bond acceptors (Lipinski definition) is 2. The van der Waals surface area contributed by atoms with Gasteiger partial charge in [0.25, 0.3) is 11.4 Å². The van der Waals surface area contributed by atoms with E-state index < -0.39 is 101 Å². The maximum absolute atomic E-state index is 15.1. The van der Waals surface area contributed by atoms with Gasteiger partial charge in [-0.2, -0.15) is 0 Å². The summed E-state index contributed by atoms with van der Waals surface area (Å²) in [7, 11) is 0. The summed E-state index contributed by atoms with van der Waals surface area (Å²) in [5.41, 5.74) is -2.71. The molecule has 0 unspecified atom stereocenters. The summed E-state index contributed by atoms with van der Waals surface area (Å²) in [5.74, 6) is -17.3. The Hall–Kier alpha value is -4.94. The van der Waals surface area contributed by atoms with Crippen molar-refractivity contribution in [2.75, 3.05) is 0 Å². The molecule has 0 aliphatic carbocycles. The minimum Gasteiger partial charge on any atom is -0.226 e. The lowest BCUT2D eigenvalue weighted by atomic mass is 9.89. The SMILES string of the molecule is [C-]#[N+]C(C#N)=c1c(F)c2c(F)c(F)c3c(F)c(=C(C#N)[N+]#[C-])c(F)c4c(F)c(F)c(c1F)c2c34. The van der Waals surface area contributed by atoms with Crippen molar-refractivity contribution in [3.05, 3.63) is 79.8 Å². The quantitative estimate of drug-likeness (QED) is 0.210. The summed E-state index contributed by atoms with van der Waals surface area (Å²) in [6.45, 7) is 13.7. The molecular weight excluding hydrogens is 472 g/mol. The van der Waals surface area contributed by atoms with Crippen molar-refractivity contribution < 1.29 is 35.1 Å². The second-order valence-electron chi connectivity index (χ2n) is 6.66. The first-order valence-electron chi connectivity index (χ1n) is 8.60. The second kappa shape index (κ2) is 7.30. The molecule has 0 fully saturated rings. The zero-order valence-corrected chi connectivity index (χ0v) is 15.8. The highest BCUT2D eigenvalue weighted by molar-refractivity contribution is 6.24. The highest BCUT2D eigenvalue weighted by atomic mass is 19.2. The molecule has 0 aliphatic heterocycles. The number of benzene rings is 4. The third-order valence-electron chi connectivity index (χ3n) is 5.18. The van der Waals surface area contributed by atoms with Crippen LogP contribution in [0.1, 0.15) is 0 Å². The van der Waals surface area contributed by atoms with E-state index in [4.69, 9.17) is 23.7 Å². The van der Waals surface area contributed by atoms with E-state index in [0.717, 1.165) is 12.1 Å². The maximum Gasteiger partial charge on any atom is 0.274 e. The standard InChI is InChI=1S/C22F8N4/c1-33-5(3-31)7-15(23)11-9-10-13(21(29)19(11)27)17(25)8(6(4-32)34-2)18(26)14(10)22(30)20(28)12(9)16(7)24. The molecule has 0 N–H and O–H groups in total. The Labute approximate surface area is 182 Å². The first kappa shape index (κ1) is 22.3. The lowest BCUT2D eigenvalue weighted by Gasteiger charge is -2.17. The van der Waals surface area contributed by atoms with Crippen molar-refractivity contribution in [2.24, 2.45) is 0 Å². The predicted octanol–water partition coefficient (Wildman–Crippen LogP) is 4.80. The van der Waals surface area contributed by atoms with Crippen LogP contribution < -0.4 is 10.4 Å². The van der Waals surface area contributed by atoms with E-state index in [1.54, 1.807) is 0 Å². The predicted molar refractivity (Wildman–Crippen MR) is 100 cm³/mol. The Bertz CT molecular complexity index is 1660. The summed E-state index contributed by atoms with van der Waals surface area (Å²) in [5, 5.41) is 5.69. The fraction of sp³-hybridized carbons (Fsp3) is 0.